The smallest absolute Gasteiger partial charge is 0.253 e. The Morgan fingerprint density at radius 1 is 1.35 bits per heavy atom. The first-order valence-electron chi connectivity index (χ1n) is 7.88. The molecule has 0 N–H and O–H groups in total. The standard InChI is InChI=1S/C17H21N3O3/c1-4-15-18-16(23-19-15)9-22-10-17(21)20-6-5-13-7-11(2)12(3)8-14(13)20/h7-8H,4-6,9-10H2,1-3H3. The maximum Gasteiger partial charge on any atom is 0.253 e. The van der Waals surface area contributed by atoms with Gasteiger partial charge in [0.2, 0.25) is 0 Å². The molecule has 1 amide bonds. The van der Waals surface area contributed by atoms with Crippen LogP contribution in [0.4, 0.5) is 5.69 Å². The van der Waals surface area contributed by atoms with Crippen LogP contribution in [0.3, 0.4) is 0 Å². The summed E-state index contributed by atoms with van der Waals surface area (Å²) in [4.78, 5) is 18.3. The molecule has 2 aromatic rings. The second-order valence-corrected chi connectivity index (χ2v) is 5.81. The van der Waals surface area contributed by atoms with Crippen LogP contribution in [0.15, 0.2) is 16.7 Å². The van der Waals surface area contributed by atoms with Crippen LogP contribution in [-0.2, 0) is 29.0 Å². The van der Waals surface area contributed by atoms with Crippen LogP contribution in [0.5, 0.6) is 0 Å². The summed E-state index contributed by atoms with van der Waals surface area (Å²) in [5.74, 6) is 1.01. The molecule has 0 unspecified atom stereocenters. The maximum atomic E-state index is 12.4. The number of benzene rings is 1. The van der Waals surface area contributed by atoms with Gasteiger partial charge in [0, 0.05) is 18.7 Å². The van der Waals surface area contributed by atoms with Crippen molar-refractivity contribution in [3.8, 4) is 0 Å². The van der Waals surface area contributed by atoms with Crippen LogP contribution in [-0.4, -0.2) is 29.2 Å². The van der Waals surface area contributed by atoms with Crippen molar-refractivity contribution in [2.75, 3.05) is 18.1 Å². The molecule has 6 heteroatoms. The number of aryl methyl sites for hydroxylation is 3. The topological polar surface area (TPSA) is 68.5 Å². The lowest BCUT2D eigenvalue weighted by Gasteiger charge is -2.18. The van der Waals surface area contributed by atoms with Crippen LogP contribution in [0.2, 0.25) is 0 Å². The lowest BCUT2D eigenvalue weighted by atomic mass is 10.0. The van der Waals surface area contributed by atoms with E-state index in [0.29, 0.717) is 24.7 Å². The molecule has 0 saturated heterocycles. The predicted octanol–water partition coefficient (Wildman–Crippen LogP) is 2.35. The normalized spacial score (nSPS) is 13.4. The van der Waals surface area contributed by atoms with E-state index in [1.807, 2.05) is 6.92 Å². The number of rotatable bonds is 5. The molecule has 3 rings (SSSR count). The lowest BCUT2D eigenvalue weighted by molar-refractivity contribution is -0.123. The van der Waals surface area contributed by atoms with Gasteiger partial charge in [0.25, 0.3) is 11.8 Å². The van der Waals surface area contributed by atoms with E-state index in [0.717, 1.165) is 12.1 Å². The van der Waals surface area contributed by atoms with Gasteiger partial charge in [-0.2, -0.15) is 4.98 Å². The van der Waals surface area contributed by atoms with E-state index in [9.17, 15) is 4.79 Å². The average molecular weight is 315 g/mol. The number of nitrogens with zero attached hydrogens (tertiary/aromatic N) is 3. The molecule has 6 nitrogen and oxygen atoms in total. The number of fused-ring (bicyclic) bond motifs is 1. The SMILES string of the molecule is CCc1noc(COCC(=O)N2CCc3cc(C)c(C)cc32)n1. The van der Waals surface area contributed by atoms with E-state index in [4.69, 9.17) is 9.26 Å². The molecule has 0 fully saturated rings. The van der Waals surface area contributed by atoms with Gasteiger partial charge in [-0.25, -0.2) is 0 Å². The number of anilines is 1. The summed E-state index contributed by atoms with van der Waals surface area (Å²) in [7, 11) is 0. The molecule has 1 aromatic carbocycles. The second kappa shape index (κ2) is 6.50. The molecular weight excluding hydrogens is 294 g/mol. The van der Waals surface area contributed by atoms with Gasteiger partial charge in [-0.05, 0) is 43.0 Å². The van der Waals surface area contributed by atoms with E-state index < -0.39 is 0 Å². The summed E-state index contributed by atoms with van der Waals surface area (Å²) in [6.45, 7) is 6.99. The van der Waals surface area contributed by atoms with Crippen LogP contribution in [0.1, 0.15) is 35.3 Å². The van der Waals surface area contributed by atoms with Gasteiger partial charge in [0.1, 0.15) is 13.2 Å². The van der Waals surface area contributed by atoms with E-state index in [-0.39, 0.29) is 19.1 Å². The summed E-state index contributed by atoms with van der Waals surface area (Å²) < 4.78 is 10.5. The first-order chi connectivity index (χ1) is 11.1. The third-order valence-electron chi connectivity index (χ3n) is 4.17. The molecule has 1 aromatic heterocycles. The van der Waals surface area contributed by atoms with Crippen molar-refractivity contribution in [2.24, 2.45) is 0 Å². The fourth-order valence-electron chi connectivity index (χ4n) is 2.72. The number of amides is 1. The molecule has 0 aliphatic carbocycles. The van der Waals surface area contributed by atoms with Crippen molar-refractivity contribution >= 4 is 11.6 Å². The first kappa shape index (κ1) is 15.7. The Labute approximate surface area is 135 Å². The lowest BCUT2D eigenvalue weighted by Crippen LogP contribution is -2.32. The fraction of sp³-hybridized carbons (Fsp3) is 0.471. The summed E-state index contributed by atoms with van der Waals surface area (Å²) in [5, 5.41) is 3.80. The summed E-state index contributed by atoms with van der Waals surface area (Å²) in [6, 6.07) is 4.25. The van der Waals surface area contributed by atoms with Gasteiger partial charge in [-0.1, -0.05) is 18.1 Å². The zero-order valence-corrected chi connectivity index (χ0v) is 13.8. The molecular formula is C17H21N3O3. The minimum atomic E-state index is -0.0396. The zero-order chi connectivity index (χ0) is 16.4. The number of hydrogen-bond acceptors (Lipinski definition) is 5. The Hall–Kier alpha value is -2.21. The molecule has 0 bridgehead atoms. The van der Waals surface area contributed by atoms with Crippen LogP contribution < -0.4 is 4.90 Å². The van der Waals surface area contributed by atoms with Crippen LogP contribution in [0, 0.1) is 13.8 Å². The molecule has 0 spiro atoms. The average Bonchev–Trinajstić information content (AvgIpc) is 3.14. The van der Waals surface area contributed by atoms with Gasteiger partial charge >= 0.3 is 0 Å². The van der Waals surface area contributed by atoms with E-state index in [2.05, 4.69) is 36.1 Å². The molecule has 2 heterocycles. The summed E-state index contributed by atoms with van der Waals surface area (Å²) in [6.07, 6.45) is 1.61. The monoisotopic (exact) mass is 315 g/mol. The number of carbonyl (C=O) groups excluding carboxylic acids is 1. The van der Waals surface area contributed by atoms with Crippen LogP contribution >= 0.6 is 0 Å². The summed E-state index contributed by atoms with van der Waals surface area (Å²) in [5.41, 5.74) is 4.69. The highest BCUT2D eigenvalue weighted by atomic mass is 16.5. The van der Waals surface area contributed by atoms with Crippen molar-refractivity contribution in [3.05, 3.63) is 40.5 Å². The Balaban J connectivity index is 1.59. The van der Waals surface area contributed by atoms with Crippen molar-refractivity contribution in [2.45, 2.75) is 40.2 Å². The Morgan fingerprint density at radius 2 is 2.13 bits per heavy atom. The highest BCUT2D eigenvalue weighted by Gasteiger charge is 2.25. The molecule has 23 heavy (non-hydrogen) atoms. The Kier molecular flexibility index (Phi) is 4.43. The fourth-order valence-corrected chi connectivity index (χ4v) is 2.72. The number of carbonyl (C=O) groups is 1. The zero-order valence-electron chi connectivity index (χ0n) is 13.8. The third kappa shape index (κ3) is 3.27. The van der Waals surface area contributed by atoms with Gasteiger partial charge < -0.3 is 14.2 Å². The van der Waals surface area contributed by atoms with Gasteiger partial charge in [-0.15, -0.1) is 0 Å². The molecule has 1 aliphatic rings. The number of hydrogen-bond donors (Lipinski definition) is 0. The van der Waals surface area contributed by atoms with Crippen LogP contribution in [0.25, 0.3) is 0 Å². The maximum absolute atomic E-state index is 12.4. The molecule has 0 radical (unpaired) electrons. The van der Waals surface area contributed by atoms with E-state index in [1.54, 1.807) is 4.90 Å². The largest absolute Gasteiger partial charge is 0.362 e. The van der Waals surface area contributed by atoms with Crippen molar-refractivity contribution in [1.82, 2.24) is 10.1 Å². The second-order valence-electron chi connectivity index (χ2n) is 5.81. The van der Waals surface area contributed by atoms with Crippen molar-refractivity contribution < 1.29 is 14.1 Å². The van der Waals surface area contributed by atoms with Gasteiger partial charge in [-0.3, -0.25) is 4.79 Å². The number of aromatic nitrogens is 2. The highest BCUT2D eigenvalue weighted by molar-refractivity contribution is 5.96. The molecule has 122 valence electrons. The Morgan fingerprint density at radius 3 is 2.87 bits per heavy atom. The third-order valence-corrected chi connectivity index (χ3v) is 4.17. The minimum absolute atomic E-state index is 0.0101. The summed E-state index contributed by atoms with van der Waals surface area (Å²) >= 11 is 0. The molecule has 1 aliphatic heterocycles. The van der Waals surface area contributed by atoms with Gasteiger partial charge in [0.15, 0.2) is 5.82 Å². The first-order valence-corrected chi connectivity index (χ1v) is 7.88. The molecule has 0 atom stereocenters. The highest BCUT2D eigenvalue weighted by Crippen LogP contribution is 2.30. The quantitative estimate of drug-likeness (QED) is 0.847. The van der Waals surface area contributed by atoms with E-state index in [1.165, 1.54) is 16.7 Å². The van der Waals surface area contributed by atoms with Gasteiger partial charge in [0.05, 0.1) is 0 Å². The predicted molar refractivity (Wildman–Crippen MR) is 85.3 cm³/mol. The molecule has 0 saturated carbocycles. The van der Waals surface area contributed by atoms with E-state index >= 15 is 0 Å². The minimum Gasteiger partial charge on any atom is -0.362 e. The van der Waals surface area contributed by atoms with Crippen molar-refractivity contribution in [1.29, 1.82) is 0 Å². The van der Waals surface area contributed by atoms with Crippen molar-refractivity contribution in [3.63, 3.8) is 0 Å². The Bertz CT molecular complexity index is 724. The number of ether oxygens (including phenoxy) is 1.